The minimum atomic E-state index is -4.06. The van der Waals surface area contributed by atoms with Gasteiger partial charge in [-0.2, -0.15) is 4.98 Å². The summed E-state index contributed by atoms with van der Waals surface area (Å²) in [5.41, 5.74) is 5.66. The number of anilines is 2. The fourth-order valence-electron chi connectivity index (χ4n) is 1.53. The van der Waals surface area contributed by atoms with Crippen LogP contribution in [-0.2, 0) is 10.0 Å². The Balaban J connectivity index is 2.45. The van der Waals surface area contributed by atoms with E-state index in [1.165, 1.54) is 31.4 Å². The van der Waals surface area contributed by atoms with Crippen LogP contribution in [0, 0.1) is 0 Å². The number of benzene rings is 1. The van der Waals surface area contributed by atoms with Crippen LogP contribution in [0.1, 0.15) is 0 Å². The highest BCUT2D eigenvalue weighted by Gasteiger charge is 2.22. The molecule has 0 saturated carbocycles. The summed E-state index contributed by atoms with van der Waals surface area (Å²) in [6.45, 7) is 0. The first-order chi connectivity index (χ1) is 9.83. The van der Waals surface area contributed by atoms with Gasteiger partial charge in [-0.15, -0.1) is 0 Å². The monoisotopic (exact) mass is 348 g/mol. The molecule has 0 bridgehead atoms. The Hall–Kier alpha value is -1.77. The van der Waals surface area contributed by atoms with Gasteiger partial charge in [0.1, 0.15) is 10.0 Å². The fourth-order valence-corrected chi connectivity index (χ4v) is 3.32. The van der Waals surface area contributed by atoms with Crippen molar-refractivity contribution in [3.63, 3.8) is 0 Å². The summed E-state index contributed by atoms with van der Waals surface area (Å²) in [7, 11) is -2.70. The molecule has 0 fully saturated rings. The predicted molar refractivity (Wildman–Crippen MR) is 80.3 cm³/mol. The van der Waals surface area contributed by atoms with Gasteiger partial charge in [-0.05, 0) is 12.1 Å². The van der Waals surface area contributed by atoms with E-state index in [-0.39, 0.29) is 32.6 Å². The number of hydrogen-bond donors (Lipinski definition) is 2. The number of nitrogen functional groups attached to an aromatic ring is 1. The average Bonchev–Trinajstić information content (AvgIpc) is 2.36. The van der Waals surface area contributed by atoms with Crippen LogP contribution >= 0.6 is 23.2 Å². The number of nitrogens with zero attached hydrogens (tertiary/aromatic N) is 2. The van der Waals surface area contributed by atoms with Crippen LogP contribution in [0.15, 0.2) is 29.2 Å². The number of hydrogen-bond acceptors (Lipinski definition) is 6. The number of rotatable bonds is 4. The second kappa shape index (κ2) is 5.92. The normalized spacial score (nSPS) is 11.2. The van der Waals surface area contributed by atoms with Crippen LogP contribution in [-0.4, -0.2) is 25.5 Å². The summed E-state index contributed by atoms with van der Waals surface area (Å²) in [6.07, 6.45) is 0. The highest BCUT2D eigenvalue weighted by Crippen LogP contribution is 2.28. The van der Waals surface area contributed by atoms with Gasteiger partial charge >= 0.3 is 0 Å². The van der Waals surface area contributed by atoms with Crippen LogP contribution in [0.3, 0.4) is 0 Å². The molecule has 3 N–H and O–H groups in total. The smallest absolute Gasteiger partial charge is 0.267 e. The quantitative estimate of drug-likeness (QED) is 0.647. The molecule has 10 heteroatoms. The van der Waals surface area contributed by atoms with E-state index in [9.17, 15) is 8.42 Å². The zero-order valence-electron chi connectivity index (χ0n) is 10.7. The van der Waals surface area contributed by atoms with Gasteiger partial charge in [0.2, 0.25) is 11.8 Å². The van der Waals surface area contributed by atoms with Gasteiger partial charge in [-0.1, -0.05) is 29.3 Å². The third-order valence-electron chi connectivity index (χ3n) is 2.37. The van der Waals surface area contributed by atoms with Crippen molar-refractivity contribution < 1.29 is 13.2 Å². The van der Waals surface area contributed by atoms with Crippen LogP contribution < -0.4 is 15.2 Å². The molecular formula is C11H10Cl2N4O3S. The molecule has 0 radical (unpaired) electrons. The van der Waals surface area contributed by atoms with Gasteiger partial charge in [0.05, 0.1) is 17.8 Å². The molecule has 0 aliphatic rings. The van der Waals surface area contributed by atoms with E-state index in [1.54, 1.807) is 0 Å². The summed E-state index contributed by atoms with van der Waals surface area (Å²) in [5.74, 6) is -0.140. The highest BCUT2D eigenvalue weighted by molar-refractivity contribution is 7.93. The maximum atomic E-state index is 12.3. The summed E-state index contributed by atoms with van der Waals surface area (Å²) >= 11 is 11.6. The zero-order valence-corrected chi connectivity index (χ0v) is 13.0. The molecule has 21 heavy (non-hydrogen) atoms. The van der Waals surface area contributed by atoms with Crippen molar-refractivity contribution in [3.05, 3.63) is 34.4 Å². The first-order valence-electron chi connectivity index (χ1n) is 5.49. The zero-order chi connectivity index (χ0) is 15.6. The first-order valence-corrected chi connectivity index (χ1v) is 7.73. The van der Waals surface area contributed by atoms with Crippen LogP contribution in [0.5, 0.6) is 5.88 Å². The second-order valence-corrected chi connectivity index (χ2v) is 6.23. The maximum Gasteiger partial charge on any atom is 0.267 e. The van der Waals surface area contributed by atoms with Gasteiger partial charge < -0.3 is 10.5 Å². The van der Waals surface area contributed by atoms with Gasteiger partial charge in [-0.25, -0.2) is 18.1 Å². The third kappa shape index (κ3) is 3.46. The summed E-state index contributed by atoms with van der Waals surface area (Å²) < 4.78 is 31.7. The van der Waals surface area contributed by atoms with Crippen LogP contribution in [0.4, 0.5) is 11.6 Å². The molecule has 2 rings (SSSR count). The molecule has 1 heterocycles. The lowest BCUT2D eigenvalue weighted by atomic mass is 10.3. The van der Waals surface area contributed by atoms with E-state index in [0.717, 1.165) is 0 Å². The Morgan fingerprint density at radius 1 is 1.29 bits per heavy atom. The van der Waals surface area contributed by atoms with Crippen molar-refractivity contribution in [1.29, 1.82) is 0 Å². The Bertz CT molecular complexity index is 763. The summed E-state index contributed by atoms with van der Waals surface area (Å²) in [5, 5.41) is 0.00294. The van der Waals surface area contributed by atoms with Crippen molar-refractivity contribution in [2.75, 3.05) is 17.6 Å². The fraction of sp³-hybridized carbons (Fsp3) is 0.0909. The van der Waals surface area contributed by atoms with E-state index in [4.69, 9.17) is 33.7 Å². The summed E-state index contributed by atoms with van der Waals surface area (Å²) in [6, 6.07) is 5.70. The molecule has 0 atom stereocenters. The van der Waals surface area contributed by atoms with E-state index in [1.807, 2.05) is 0 Å². The van der Waals surface area contributed by atoms with Crippen molar-refractivity contribution in [2.24, 2.45) is 0 Å². The van der Waals surface area contributed by atoms with Crippen molar-refractivity contribution in [2.45, 2.75) is 4.90 Å². The van der Waals surface area contributed by atoms with E-state index in [2.05, 4.69) is 14.7 Å². The minimum Gasteiger partial charge on any atom is -0.481 e. The Morgan fingerprint density at radius 3 is 2.62 bits per heavy atom. The standard InChI is InChI=1S/C11H10Cl2N4O3S/c1-20-9-5-8(13)15-11(16-9)17-21(18,19)10-6(12)3-2-4-7(10)14/h2-5H,14H2,1H3,(H,15,16,17). The summed E-state index contributed by atoms with van der Waals surface area (Å²) in [4.78, 5) is 7.33. The molecule has 2 aromatic rings. The minimum absolute atomic E-state index is 0.00370. The molecule has 0 amide bonds. The maximum absolute atomic E-state index is 12.3. The van der Waals surface area contributed by atoms with Gasteiger partial charge in [0.25, 0.3) is 10.0 Å². The van der Waals surface area contributed by atoms with Gasteiger partial charge in [0, 0.05) is 6.07 Å². The van der Waals surface area contributed by atoms with E-state index >= 15 is 0 Å². The Kier molecular flexibility index (Phi) is 4.40. The lowest BCUT2D eigenvalue weighted by Crippen LogP contribution is -2.17. The largest absolute Gasteiger partial charge is 0.481 e. The molecule has 0 saturated heterocycles. The van der Waals surface area contributed by atoms with Crippen molar-refractivity contribution in [3.8, 4) is 5.88 Å². The lowest BCUT2D eigenvalue weighted by molar-refractivity contribution is 0.397. The molecular weight excluding hydrogens is 339 g/mol. The number of halogens is 2. The molecule has 7 nitrogen and oxygen atoms in total. The molecule has 112 valence electrons. The van der Waals surface area contributed by atoms with Crippen molar-refractivity contribution >= 4 is 44.9 Å². The van der Waals surface area contributed by atoms with Gasteiger partial charge in [0.15, 0.2) is 0 Å². The topological polar surface area (TPSA) is 107 Å². The van der Waals surface area contributed by atoms with Crippen LogP contribution in [0.2, 0.25) is 10.2 Å². The molecule has 0 aliphatic heterocycles. The number of ether oxygens (including phenoxy) is 1. The average molecular weight is 349 g/mol. The predicted octanol–water partition coefficient (Wildman–Crippen LogP) is 2.17. The number of nitrogens with one attached hydrogen (secondary N) is 1. The van der Waals surface area contributed by atoms with Crippen LogP contribution in [0.25, 0.3) is 0 Å². The van der Waals surface area contributed by atoms with E-state index in [0.29, 0.717) is 0 Å². The molecule has 1 aromatic heterocycles. The molecule has 1 aromatic carbocycles. The Labute approximate surface area is 131 Å². The highest BCUT2D eigenvalue weighted by atomic mass is 35.5. The lowest BCUT2D eigenvalue weighted by Gasteiger charge is -2.11. The number of aromatic nitrogens is 2. The van der Waals surface area contributed by atoms with E-state index < -0.39 is 10.0 Å². The number of methoxy groups -OCH3 is 1. The number of nitrogens with two attached hydrogens (primary N) is 1. The van der Waals surface area contributed by atoms with Gasteiger partial charge in [-0.3, -0.25) is 0 Å². The second-order valence-electron chi connectivity index (χ2n) is 3.82. The first kappa shape index (κ1) is 15.6. The molecule has 0 aliphatic carbocycles. The SMILES string of the molecule is COc1cc(Cl)nc(NS(=O)(=O)c2c(N)cccc2Cl)n1. The third-order valence-corrected chi connectivity index (χ3v) is 4.44. The Morgan fingerprint density at radius 2 is 2.00 bits per heavy atom. The molecule has 0 unspecified atom stereocenters. The molecule has 0 spiro atoms. The number of sulfonamides is 1. The van der Waals surface area contributed by atoms with Crippen molar-refractivity contribution in [1.82, 2.24) is 9.97 Å².